The minimum Gasteiger partial charge on any atom is -0.478 e. The number of aliphatic hydroxyl groups excluding tert-OH is 1. The molecule has 0 saturated heterocycles. The summed E-state index contributed by atoms with van der Waals surface area (Å²) in [6.07, 6.45) is 1.11. The van der Waals surface area contributed by atoms with Crippen molar-refractivity contribution in [3.63, 3.8) is 0 Å². The summed E-state index contributed by atoms with van der Waals surface area (Å²) in [5.41, 5.74) is 0.0421. The maximum Gasteiger partial charge on any atom is 0.339 e. The number of nitrogens with zero attached hydrogens (tertiary/aromatic N) is 1. The van der Waals surface area contributed by atoms with Gasteiger partial charge in [0.05, 0.1) is 16.8 Å². The minimum atomic E-state index is -1.19. The van der Waals surface area contributed by atoms with Gasteiger partial charge < -0.3 is 20.4 Å². The van der Waals surface area contributed by atoms with E-state index in [-0.39, 0.29) is 28.3 Å². The fourth-order valence-corrected chi connectivity index (χ4v) is 2.63. The van der Waals surface area contributed by atoms with Crippen LogP contribution in [0.5, 0.6) is 0 Å². The topological polar surface area (TPSA) is 89.9 Å². The molecule has 1 aliphatic carbocycles. The van der Waals surface area contributed by atoms with Gasteiger partial charge in [0.1, 0.15) is 5.56 Å². The first kappa shape index (κ1) is 15.6. The molecular formula is C14H17ClN2O4. The Labute approximate surface area is 127 Å². The fraction of sp³-hybridized carbons (Fsp3) is 0.429. The van der Waals surface area contributed by atoms with E-state index in [1.807, 2.05) is 0 Å². The predicted molar refractivity (Wildman–Crippen MR) is 78.8 cm³/mol. The number of carboxylic acids is 1. The number of carbonyl (C=O) groups excluding carboxylic acids is 1. The Kier molecular flexibility index (Phi) is 4.69. The Hall–Kier alpha value is -1.79. The molecule has 1 aliphatic rings. The molecule has 0 radical (unpaired) electrons. The summed E-state index contributed by atoms with van der Waals surface area (Å²) in [5, 5.41) is 21.0. The molecule has 1 aromatic carbocycles. The molecule has 0 atom stereocenters. The minimum absolute atomic E-state index is 0.0741. The van der Waals surface area contributed by atoms with E-state index in [1.54, 1.807) is 13.1 Å². The summed E-state index contributed by atoms with van der Waals surface area (Å²) < 4.78 is 0. The van der Waals surface area contributed by atoms with Crippen molar-refractivity contribution in [2.45, 2.75) is 18.9 Å². The van der Waals surface area contributed by atoms with Crippen molar-refractivity contribution in [1.29, 1.82) is 0 Å². The SMILES string of the molecule is CN(CC1CC(O)C1)C(=O)Nc1cccc(Cl)c1C(=O)O. The monoisotopic (exact) mass is 312 g/mol. The quantitative estimate of drug-likeness (QED) is 0.795. The van der Waals surface area contributed by atoms with E-state index in [0.29, 0.717) is 19.4 Å². The Balaban J connectivity index is 2.02. The van der Waals surface area contributed by atoms with Crippen molar-refractivity contribution < 1.29 is 19.8 Å². The van der Waals surface area contributed by atoms with Crippen LogP contribution in [-0.2, 0) is 0 Å². The number of hydrogen-bond donors (Lipinski definition) is 3. The zero-order valence-electron chi connectivity index (χ0n) is 11.5. The lowest BCUT2D eigenvalue weighted by atomic mass is 9.82. The average molecular weight is 313 g/mol. The van der Waals surface area contributed by atoms with Crippen molar-refractivity contribution in [3.8, 4) is 0 Å². The van der Waals surface area contributed by atoms with E-state index < -0.39 is 12.0 Å². The summed E-state index contributed by atoms with van der Waals surface area (Å²) in [7, 11) is 1.63. The highest BCUT2D eigenvalue weighted by molar-refractivity contribution is 6.34. The summed E-state index contributed by atoms with van der Waals surface area (Å²) in [6.45, 7) is 0.520. The molecule has 1 aromatic rings. The van der Waals surface area contributed by atoms with Gasteiger partial charge in [0.15, 0.2) is 0 Å². The van der Waals surface area contributed by atoms with Crippen molar-refractivity contribution in [1.82, 2.24) is 4.90 Å². The first-order chi connectivity index (χ1) is 9.88. The highest BCUT2D eigenvalue weighted by atomic mass is 35.5. The van der Waals surface area contributed by atoms with Crippen molar-refractivity contribution in [3.05, 3.63) is 28.8 Å². The van der Waals surface area contributed by atoms with Gasteiger partial charge in [0, 0.05) is 13.6 Å². The molecule has 0 aliphatic heterocycles. The predicted octanol–water partition coefficient (Wildman–Crippen LogP) is 2.27. The summed E-state index contributed by atoms with van der Waals surface area (Å²) in [4.78, 5) is 24.7. The molecular weight excluding hydrogens is 296 g/mol. The normalized spacial score (nSPS) is 20.5. The van der Waals surface area contributed by atoms with E-state index in [0.717, 1.165) is 0 Å². The number of aliphatic hydroxyl groups is 1. The Morgan fingerprint density at radius 2 is 2.10 bits per heavy atom. The second-order valence-electron chi connectivity index (χ2n) is 5.27. The number of aromatic carboxylic acids is 1. The Morgan fingerprint density at radius 3 is 2.67 bits per heavy atom. The lowest BCUT2D eigenvalue weighted by Crippen LogP contribution is -2.41. The molecule has 1 saturated carbocycles. The Morgan fingerprint density at radius 1 is 1.43 bits per heavy atom. The maximum absolute atomic E-state index is 12.1. The molecule has 0 heterocycles. The average Bonchev–Trinajstić information content (AvgIpc) is 2.36. The van der Waals surface area contributed by atoms with Crippen LogP contribution < -0.4 is 5.32 Å². The van der Waals surface area contributed by atoms with Crippen LogP contribution in [0.2, 0.25) is 5.02 Å². The molecule has 0 aromatic heterocycles. The van der Waals surface area contributed by atoms with Crippen LogP contribution in [0.4, 0.5) is 10.5 Å². The van der Waals surface area contributed by atoms with E-state index in [1.165, 1.54) is 17.0 Å². The van der Waals surface area contributed by atoms with E-state index in [2.05, 4.69) is 5.32 Å². The number of halogens is 1. The number of hydrogen-bond acceptors (Lipinski definition) is 3. The van der Waals surface area contributed by atoms with Gasteiger partial charge in [0.2, 0.25) is 0 Å². The number of nitrogens with one attached hydrogen (secondary N) is 1. The third kappa shape index (κ3) is 3.65. The van der Waals surface area contributed by atoms with Gasteiger partial charge in [-0.15, -0.1) is 0 Å². The van der Waals surface area contributed by atoms with Crippen LogP contribution >= 0.6 is 11.6 Å². The highest BCUT2D eigenvalue weighted by Gasteiger charge is 2.29. The maximum atomic E-state index is 12.1. The number of carboxylic acid groups (broad SMARTS) is 1. The van der Waals surface area contributed by atoms with Gasteiger partial charge in [-0.2, -0.15) is 0 Å². The number of benzene rings is 1. The summed E-state index contributed by atoms with van der Waals surface area (Å²) >= 11 is 5.85. The van der Waals surface area contributed by atoms with E-state index in [9.17, 15) is 14.7 Å². The smallest absolute Gasteiger partial charge is 0.339 e. The third-order valence-corrected chi connectivity index (χ3v) is 3.87. The molecule has 0 bridgehead atoms. The molecule has 2 rings (SSSR count). The summed E-state index contributed by atoms with van der Waals surface area (Å²) in [6, 6.07) is 4.13. The fourth-order valence-electron chi connectivity index (χ4n) is 2.38. The number of anilines is 1. The van der Waals surface area contributed by atoms with Crippen LogP contribution in [0.3, 0.4) is 0 Å². The van der Waals surface area contributed by atoms with Gasteiger partial charge in [-0.05, 0) is 30.9 Å². The number of rotatable bonds is 4. The first-order valence-electron chi connectivity index (χ1n) is 6.60. The van der Waals surface area contributed by atoms with E-state index in [4.69, 9.17) is 16.7 Å². The van der Waals surface area contributed by atoms with Gasteiger partial charge in [-0.1, -0.05) is 17.7 Å². The highest BCUT2D eigenvalue weighted by Crippen LogP contribution is 2.28. The molecule has 3 N–H and O–H groups in total. The van der Waals surface area contributed by atoms with Crippen molar-refractivity contribution in [2.24, 2.45) is 5.92 Å². The van der Waals surface area contributed by atoms with Crippen molar-refractivity contribution in [2.75, 3.05) is 18.9 Å². The second kappa shape index (κ2) is 6.32. The number of carbonyl (C=O) groups is 2. The molecule has 21 heavy (non-hydrogen) atoms. The molecule has 0 unspecified atom stereocenters. The molecule has 1 fully saturated rings. The van der Waals surface area contributed by atoms with Crippen LogP contribution in [0.25, 0.3) is 0 Å². The third-order valence-electron chi connectivity index (χ3n) is 3.56. The van der Waals surface area contributed by atoms with Crippen LogP contribution in [0, 0.1) is 5.92 Å². The van der Waals surface area contributed by atoms with Crippen LogP contribution in [0.15, 0.2) is 18.2 Å². The lowest BCUT2D eigenvalue weighted by Gasteiger charge is -2.34. The zero-order valence-corrected chi connectivity index (χ0v) is 12.3. The van der Waals surface area contributed by atoms with E-state index >= 15 is 0 Å². The standard InChI is InChI=1S/C14H17ClN2O4/c1-17(7-8-5-9(18)6-8)14(21)16-11-4-2-3-10(15)12(11)13(19)20/h2-4,8-9,18H,5-7H2,1H3,(H,16,21)(H,19,20). The second-order valence-corrected chi connectivity index (χ2v) is 5.68. The van der Waals surface area contributed by atoms with Crippen LogP contribution in [-0.4, -0.2) is 46.8 Å². The molecule has 6 nitrogen and oxygen atoms in total. The molecule has 114 valence electrons. The van der Waals surface area contributed by atoms with Crippen molar-refractivity contribution >= 4 is 29.3 Å². The largest absolute Gasteiger partial charge is 0.478 e. The zero-order chi connectivity index (χ0) is 15.6. The van der Waals surface area contributed by atoms with Gasteiger partial charge >= 0.3 is 12.0 Å². The number of urea groups is 1. The lowest BCUT2D eigenvalue weighted by molar-refractivity contribution is 0.0332. The van der Waals surface area contributed by atoms with Gasteiger partial charge in [-0.3, -0.25) is 0 Å². The number of amides is 2. The van der Waals surface area contributed by atoms with Gasteiger partial charge in [0.25, 0.3) is 0 Å². The molecule has 7 heteroatoms. The molecule has 2 amide bonds. The molecule has 0 spiro atoms. The van der Waals surface area contributed by atoms with Gasteiger partial charge in [-0.25, -0.2) is 9.59 Å². The first-order valence-corrected chi connectivity index (χ1v) is 6.98. The summed E-state index contributed by atoms with van der Waals surface area (Å²) in [5.74, 6) is -0.908. The Bertz CT molecular complexity index is 558. The van der Waals surface area contributed by atoms with Crippen LogP contribution in [0.1, 0.15) is 23.2 Å².